The van der Waals surface area contributed by atoms with Gasteiger partial charge < -0.3 is 5.32 Å². The first-order valence-electron chi connectivity index (χ1n) is 7.87. The number of hydrogen-bond acceptors (Lipinski definition) is 3. The summed E-state index contributed by atoms with van der Waals surface area (Å²) < 4.78 is 1.41. The fraction of sp³-hybridized carbons (Fsp3) is 0.556. The van der Waals surface area contributed by atoms with Gasteiger partial charge in [-0.25, -0.2) is 0 Å². The summed E-state index contributed by atoms with van der Waals surface area (Å²) in [6, 6.07) is 9.93. The molecule has 1 saturated heterocycles. The number of hydrogen-bond donors (Lipinski definition) is 1. The van der Waals surface area contributed by atoms with Crippen LogP contribution in [0.2, 0.25) is 0 Å². The average molecular weight is 302 g/mol. The van der Waals surface area contributed by atoms with Gasteiger partial charge in [-0.05, 0) is 34.7 Å². The van der Waals surface area contributed by atoms with E-state index in [1.807, 2.05) is 11.3 Å². The lowest BCUT2D eigenvalue weighted by Crippen LogP contribution is -2.59. The largest absolute Gasteiger partial charge is 0.311 e. The minimum absolute atomic E-state index is 0.315. The molecule has 114 valence electrons. The van der Waals surface area contributed by atoms with Crippen LogP contribution in [0, 0.1) is 5.41 Å². The van der Waals surface area contributed by atoms with Gasteiger partial charge in [0.15, 0.2) is 0 Å². The minimum Gasteiger partial charge on any atom is -0.311 e. The third-order valence-corrected chi connectivity index (χ3v) is 5.69. The summed E-state index contributed by atoms with van der Waals surface area (Å²) in [6.07, 6.45) is 0. The zero-order valence-electron chi connectivity index (χ0n) is 13.5. The zero-order chi connectivity index (χ0) is 15.0. The summed E-state index contributed by atoms with van der Waals surface area (Å²) in [4.78, 5) is 2.64. The molecule has 2 heterocycles. The molecule has 0 aliphatic carbocycles. The van der Waals surface area contributed by atoms with Crippen molar-refractivity contribution in [3.05, 3.63) is 35.2 Å². The highest BCUT2D eigenvalue weighted by Gasteiger charge is 2.32. The molecular formula is C18H26N2S. The second-order valence-electron chi connectivity index (χ2n) is 7.36. The second-order valence-corrected chi connectivity index (χ2v) is 8.27. The van der Waals surface area contributed by atoms with Crippen molar-refractivity contribution in [3.8, 4) is 0 Å². The number of fused-ring (bicyclic) bond motifs is 1. The SMILES string of the molecule is CC1CNC(C(C)(C)C)CN1Cc1csc2ccccc12. The van der Waals surface area contributed by atoms with E-state index < -0.39 is 0 Å². The Hall–Kier alpha value is -0.900. The van der Waals surface area contributed by atoms with Crippen LogP contribution in [0.4, 0.5) is 0 Å². The highest BCUT2D eigenvalue weighted by Crippen LogP contribution is 2.29. The molecule has 1 N–H and O–H groups in total. The highest BCUT2D eigenvalue weighted by molar-refractivity contribution is 7.17. The van der Waals surface area contributed by atoms with Gasteiger partial charge >= 0.3 is 0 Å². The molecule has 0 amide bonds. The first-order chi connectivity index (χ1) is 9.95. The molecule has 2 nitrogen and oxygen atoms in total. The topological polar surface area (TPSA) is 15.3 Å². The number of nitrogens with zero attached hydrogens (tertiary/aromatic N) is 1. The Bertz CT molecular complexity index is 611. The monoisotopic (exact) mass is 302 g/mol. The number of benzene rings is 1. The van der Waals surface area contributed by atoms with Gasteiger partial charge in [0.1, 0.15) is 0 Å². The second kappa shape index (κ2) is 5.71. The van der Waals surface area contributed by atoms with Crippen molar-refractivity contribution in [2.24, 2.45) is 5.41 Å². The molecule has 2 unspecified atom stereocenters. The Morgan fingerprint density at radius 3 is 2.81 bits per heavy atom. The first-order valence-corrected chi connectivity index (χ1v) is 8.75. The van der Waals surface area contributed by atoms with Gasteiger partial charge in [0, 0.05) is 36.4 Å². The molecule has 0 bridgehead atoms. The Morgan fingerprint density at radius 2 is 2.05 bits per heavy atom. The molecule has 1 aliphatic rings. The fourth-order valence-electron chi connectivity index (χ4n) is 3.10. The molecule has 1 fully saturated rings. The molecule has 1 aliphatic heterocycles. The predicted octanol–water partition coefficient (Wildman–Crippen LogP) is 4.11. The third kappa shape index (κ3) is 3.15. The van der Waals surface area contributed by atoms with Crippen LogP contribution in [0.1, 0.15) is 33.3 Å². The maximum Gasteiger partial charge on any atom is 0.0346 e. The zero-order valence-corrected chi connectivity index (χ0v) is 14.3. The molecule has 0 radical (unpaired) electrons. The normalized spacial score (nSPS) is 24.6. The molecule has 1 aromatic heterocycles. The molecule has 21 heavy (non-hydrogen) atoms. The molecule has 1 aromatic carbocycles. The van der Waals surface area contributed by atoms with Gasteiger partial charge in [0.25, 0.3) is 0 Å². The van der Waals surface area contributed by atoms with Crippen molar-refractivity contribution < 1.29 is 0 Å². The number of rotatable bonds is 2. The standard InChI is InChI=1S/C18H26N2S/c1-13-9-19-17(18(2,3)4)11-20(13)10-14-12-21-16-8-6-5-7-15(14)16/h5-8,12-13,17,19H,9-11H2,1-4H3. The van der Waals surface area contributed by atoms with Crippen molar-refractivity contribution in [3.63, 3.8) is 0 Å². The summed E-state index contributed by atoms with van der Waals surface area (Å²) in [5, 5.41) is 7.49. The Balaban J connectivity index is 1.79. The van der Waals surface area contributed by atoms with E-state index in [-0.39, 0.29) is 0 Å². The number of nitrogens with one attached hydrogen (secondary N) is 1. The van der Waals surface area contributed by atoms with E-state index in [1.54, 1.807) is 0 Å². The van der Waals surface area contributed by atoms with Crippen LogP contribution in [-0.2, 0) is 6.54 Å². The lowest BCUT2D eigenvalue weighted by Gasteiger charge is -2.44. The van der Waals surface area contributed by atoms with Gasteiger partial charge in [0.05, 0.1) is 0 Å². The molecule has 2 aromatic rings. The van der Waals surface area contributed by atoms with Gasteiger partial charge in [-0.15, -0.1) is 11.3 Å². The predicted molar refractivity (Wildman–Crippen MR) is 92.9 cm³/mol. The fourth-order valence-corrected chi connectivity index (χ4v) is 4.05. The van der Waals surface area contributed by atoms with E-state index in [1.165, 1.54) is 15.6 Å². The van der Waals surface area contributed by atoms with Crippen molar-refractivity contribution in [2.75, 3.05) is 13.1 Å². The van der Waals surface area contributed by atoms with Crippen LogP contribution in [0.3, 0.4) is 0 Å². The van der Waals surface area contributed by atoms with Crippen molar-refractivity contribution >= 4 is 21.4 Å². The maximum absolute atomic E-state index is 3.72. The summed E-state index contributed by atoms with van der Waals surface area (Å²) in [5.41, 5.74) is 1.80. The van der Waals surface area contributed by atoms with Gasteiger partial charge in [-0.2, -0.15) is 0 Å². The van der Waals surface area contributed by atoms with Crippen LogP contribution in [0.5, 0.6) is 0 Å². The summed E-state index contributed by atoms with van der Waals surface area (Å²) in [7, 11) is 0. The van der Waals surface area contributed by atoms with Crippen LogP contribution >= 0.6 is 11.3 Å². The smallest absolute Gasteiger partial charge is 0.0346 e. The van der Waals surface area contributed by atoms with Gasteiger partial charge in [-0.1, -0.05) is 39.0 Å². The van der Waals surface area contributed by atoms with Crippen LogP contribution < -0.4 is 5.32 Å². The Morgan fingerprint density at radius 1 is 1.29 bits per heavy atom. The maximum atomic E-state index is 3.72. The Labute approximate surface area is 132 Å². The van der Waals surface area contributed by atoms with E-state index in [2.05, 4.69) is 67.6 Å². The molecule has 0 saturated carbocycles. The molecule has 2 atom stereocenters. The van der Waals surface area contributed by atoms with E-state index in [4.69, 9.17) is 0 Å². The average Bonchev–Trinajstić information content (AvgIpc) is 2.83. The van der Waals surface area contributed by atoms with E-state index in [0.29, 0.717) is 17.5 Å². The molecule has 0 spiro atoms. The Kier molecular flexibility index (Phi) is 4.08. The van der Waals surface area contributed by atoms with E-state index in [0.717, 1.165) is 19.6 Å². The van der Waals surface area contributed by atoms with Crippen LogP contribution in [0.15, 0.2) is 29.6 Å². The molecule has 3 rings (SSSR count). The minimum atomic E-state index is 0.315. The summed E-state index contributed by atoms with van der Waals surface area (Å²) in [6.45, 7) is 12.6. The number of thiophene rings is 1. The van der Waals surface area contributed by atoms with Gasteiger partial charge in [-0.3, -0.25) is 4.90 Å². The van der Waals surface area contributed by atoms with Gasteiger partial charge in [0.2, 0.25) is 0 Å². The van der Waals surface area contributed by atoms with Crippen LogP contribution in [0.25, 0.3) is 10.1 Å². The van der Waals surface area contributed by atoms with E-state index in [9.17, 15) is 0 Å². The van der Waals surface area contributed by atoms with E-state index >= 15 is 0 Å². The van der Waals surface area contributed by atoms with Crippen molar-refractivity contribution in [2.45, 2.75) is 46.3 Å². The first kappa shape index (κ1) is 15.0. The third-order valence-electron chi connectivity index (χ3n) is 4.68. The lowest BCUT2D eigenvalue weighted by atomic mass is 9.84. The summed E-state index contributed by atoms with van der Waals surface area (Å²) >= 11 is 1.87. The lowest BCUT2D eigenvalue weighted by molar-refractivity contribution is 0.0881. The quantitative estimate of drug-likeness (QED) is 0.898. The highest BCUT2D eigenvalue weighted by atomic mass is 32.1. The molecular weight excluding hydrogens is 276 g/mol. The molecule has 3 heteroatoms. The number of piperazine rings is 1. The van der Waals surface area contributed by atoms with Crippen molar-refractivity contribution in [1.82, 2.24) is 10.2 Å². The van der Waals surface area contributed by atoms with Crippen molar-refractivity contribution in [1.29, 1.82) is 0 Å². The van der Waals surface area contributed by atoms with Crippen LogP contribution in [-0.4, -0.2) is 30.1 Å². The summed E-state index contributed by atoms with van der Waals surface area (Å²) in [5.74, 6) is 0.